The van der Waals surface area contributed by atoms with Gasteiger partial charge in [0, 0.05) is 67.5 Å². The Kier molecular flexibility index (Phi) is 16.7. The van der Waals surface area contributed by atoms with Crippen molar-refractivity contribution in [3.63, 3.8) is 0 Å². The molecule has 0 aliphatic carbocycles. The molecule has 0 unspecified atom stereocenters. The number of rotatable bonds is 17. The van der Waals surface area contributed by atoms with Gasteiger partial charge in [-0.1, -0.05) is 249 Å². The topological polar surface area (TPSA) is 66.2 Å². The minimum atomic E-state index is -0.235. The maximum Gasteiger partial charge on any atom is 0.164 e. The molecular weight excluding hydrogens is 1180 g/mol. The number of fused-ring (bicyclic) bond motifs is 3. The molecule has 15 rings (SSSR count). The summed E-state index contributed by atoms with van der Waals surface area (Å²) >= 11 is 0. The lowest BCUT2D eigenvalue weighted by atomic mass is 9.91. The van der Waals surface area contributed by atoms with Gasteiger partial charge in [0.25, 0.3) is 0 Å². The summed E-state index contributed by atoms with van der Waals surface area (Å²) in [6, 6.07) is 110. The molecule has 8 heteroatoms. The van der Waals surface area contributed by atoms with Crippen molar-refractivity contribution in [2.45, 2.75) is 60.4 Å². The van der Waals surface area contributed by atoms with Gasteiger partial charge >= 0.3 is 0 Å². The first-order valence-corrected chi connectivity index (χ1v) is 33.5. The van der Waals surface area contributed by atoms with Crippen LogP contribution in [0.4, 0.5) is 45.5 Å². The fourth-order valence-electron chi connectivity index (χ4n) is 13.8. The molecule has 8 nitrogen and oxygen atoms in total. The Bertz CT molecular complexity index is 5040. The van der Waals surface area contributed by atoms with Gasteiger partial charge in [0.2, 0.25) is 0 Å². The van der Waals surface area contributed by atoms with Gasteiger partial charge in [-0.2, -0.15) is 0 Å². The largest absolute Gasteiger partial charge is 0.336 e. The van der Waals surface area contributed by atoms with E-state index in [-0.39, 0.29) is 12.0 Å². The lowest BCUT2D eigenvalue weighted by molar-refractivity contribution is 0.770. The summed E-state index contributed by atoms with van der Waals surface area (Å²) in [5.41, 5.74) is 23.0. The Morgan fingerprint density at radius 1 is 0.309 bits per heavy atom. The van der Waals surface area contributed by atoms with E-state index in [1.54, 1.807) is 0 Å². The predicted molar refractivity (Wildman–Crippen MR) is 406 cm³/mol. The molecule has 15 aromatic rings. The highest BCUT2D eigenvalue weighted by Gasteiger charge is 2.41. The highest BCUT2D eigenvalue weighted by atomic mass is 15.3. The normalized spacial score (nSPS) is 11.4. The number of aryl methyl sites for hydroxylation is 3. The molecule has 0 saturated heterocycles. The van der Waals surface area contributed by atoms with E-state index in [1.807, 2.05) is 0 Å². The van der Waals surface area contributed by atoms with Crippen molar-refractivity contribution < 1.29 is 0 Å². The average Bonchev–Trinajstić information content (AvgIpc) is 1.43. The van der Waals surface area contributed by atoms with Gasteiger partial charge in [-0.05, 0) is 137 Å². The second-order valence-electron chi connectivity index (χ2n) is 25.6. The Morgan fingerprint density at radius 3 is 0.979 bits per heavy atom. The Balaban J connectivity index is 1.33. The highest BCUT2D eigenvalue weighted by molar-refractivity contribution is 6.17. The lowest BCUT2D eigenvalue weighted by Gasteiger charge is -2.42. The zero-order valence-corrected chi connectivity index (χ0v) is 55.7. The third kappa shape index (κ3) is 11.8. The number of hydrogen-bond donors (Lipinski definition) is 0. The van der Waals surface area contributed by atoms with Crippen LogP contribution in [0.1, 0.15) is 55.9 Å². The molecule has 97 heavy (non-hydrogen) atoms. The summed E-state index contributed by atoms with van der Waals surface area (Å²) in [6.45, 7) is 15.8. The predicted octanol–water partition coefficient (Wildman–Crippen LogP) is 23.9. The Hall–Kier alpha value is -12.0. The lowest BCUT2D eigenvalue weighted by Crippen LogP contribution is -2.31. The van der Waals surface area contributed by atoms with Crippen LogP contribution < -0.4 is 14.7 Å². The van der Waals surface area contributed by atoms with Crippen molar-refractivity contribution in [1.82, 2.24) is 24.5 Å². The van der Waals surface area contributed by atoms with Crippen molar-refractivity contribution >= 4 is 67.3 Å². The van der Waals surface area contributed by atoms with E-state index in [2.05, 4.69) is 377 Å². The molecule has 0 N–H and O–H groups in total. The standard InChI is InChI=1S/C89H74N8/c1-59(2)72-54-61(5)48-51-79(72)94(60(3)4)84-82(88-90-75(64-32-16-8-17-33-64)57-76(91-88)65-34-18-9-19-35-65)86(96(70-44-28-14-29-45-70)71-46-30-15-31-47-71)87(97-80-52-49-62(6)55-73(80)74-56-63(7)50-53-81(74)97)83(85(84)95(68-40-24-12-25-41-68)69-42-26-13-27-43-69)89-92-77(66-36-20-10-21-37-66)58-78(93-89)67-38-22-11-23-39-67/h8-60H,1-7H3. The number of anilines is 8. The van der Waals surface area contributed by atoms with Crippen molar-refractivity contribution in [1.29, 1.82) is 0 Å². The van der Waals surface area contributed by atoms with Crippen LogP contribution >= 0.6 is 0 Å². The molecule has 0 radical (unpaired) electrons. The minimum absolute atomic E-state index is 0.0944. The summed E-state index contributed by atoms with van der Waals surface area (Å²) in [5, 5.41) is 2.22. The fourth-order valence-corrected chi connectivity index (χ4v) is 13.8. The van der Waals surface area contributed by atoms with Gasteiger partial charge < -0.3 is 19.3 Å². The summed E-state index contributed by atoms with van der Waals surface area (Å²) < 4.78 is 2.52. The first-order valence-electron chi connectivity index (χ1n) is 33.5. The third-order valence-corrected chi connectivity index (χ3v) is 18.2. The first kappa shape index (κ1) is 61.2. The van der Waals surface area contributed by atoms with Gasteiger partial charge in [-0.3, -0.25) is 0 Å². The molecule has 0 atom stereocenters. The molecule has 0 amide bonds. The molecule has 0 bridgehead atoms. The number of hydrogen-bond acceptors (Lipinski definition) is 7. The Morgan fingerprint density at radius 2 is 0.629 bits per heavy atom. The van der Waals surface area contributed by atoms with Crippen molar-refractivity contribution in [2.75, 3.05) is 14.7 Å². The van der Waals surface area contributed by atoms with Crippen LogP contribution in [0.5, 0.6) is 0 Å². The molecule has 3 aromatic heterocycles. The summed E-state index contributed by atoms with van der Waals surface area (Å²) in [5.74, 6) is 1.11. The summed E-state index contributed by atoms with van der Waals surface area (Å²) in [4.78, 5) is 31.9. The maximum absolute atomic E-state index is 6.10. The van der Waals surface area contributed by atoms with Gasteiger partial charge in [0.15, 0.2) is 11.6 Å². The molecule has 0 aliphatic rings. The molecule has 12 aromatic carbocycles. The fraction of sp³-hybridized carbons (Fsp3) is 0.101. The van der Waals surface area contributed by atoms with Gasteiger partial charge in [0.1, 0.15) is 0 Å². The maximum atomic E-state index is 6.10. The zero-order chi connectivity index (χ0) is 66.1. The Labute approximate surface area is 568 Å². The van der Waals surface area contributed by atoms with Gasteiger partial charge in [0.05, 0.1) is 67.7 Å². The van der Waals surface area contributed by atoms with Crippen molar-refractivity contribution in [3.8, 4) is 73.5 Å². The first-order chi connectivity index (χ1) is 47.5. The van der Waals surface area contributed by atoms with Crippen LogP contribution in [-0.4, -0.2) is 30.5 Å². The number of para-hydroxylation sites is 4. The monoisotopic (exact) mass is 1250 g/mol. The van der Waals surface area contributed by atoms with Crippen LogP contribution in [0.2, 0.25) is 0 Å². The number of nitrogens with zero attached hydrogens (tertiary/aromatic N) is 8. The second-order valence-corrected chi connectivity index (χ2v) is 25.6. The van der Waals surface area contributed by atoms with E-state index in [0.717, 1.165) is 140 Å². The van der Waals surface area contributed by atoms with Gasteiger partial charge in [-0.25, -0.2) is 19.9 Å². The van der Waals surface area contributed by atoms with E-state index in [9.17, 15) is 0 Å². The molecular formula is C89H74N8. The number of aromatic nitrogens is 5. The number of benzene rings is 12. The molecule has 0 spiro atoms. The molecule has 0 saturated carbocycles. The van der Waals surface area contributed by atoms with E-state index < -0.39 is 0 Å². The van der Waals surface area contributed by atoms with Crippen LogP contribution in [0.25, 0.3) is 95.3 Å². The highest BCUT2D eigenvalue weighted by Crippen LogP contribution is 2.62. The smallest absolute Gasteiger partial charge is 0.164 e. The molecule has 0 fully saturated rings. The summed E-state index contributed by atoms with van der Waals surface area (Å²) in [6.07, 6.45) is 0. The van der Waals surface area contributed by atoms with E-state index in [4.69, 9.17) is 19.9 Å². The minimum Gasteiger partial charge on any atom is -0.336 e. The van der Waals surface area contributed by atoms with E-state index in [1.165, 1.54) is 11.1 Å². The average molecular weight is 1260 g/mol. The van der Waals surface area contributed by atoms with Crippen LogP contribution in [0.15, 0.2) is 309 Å². The zero-order valence-electron chi connectivity index (χ0n) is 55.7. The van der Waals surface area contributed by atoms with Crippen LogP contribution in [0, 0.1) is 20.8 Å². The molecule has 470 valence electrons. The van der Waals surface area contributed by atoms with Crippen LogP contribution in [0.3, 0.4) is 0 Å². The van der Waals surface area contributed by atoms with E-state index in [0.29, 0.717) is 11.6 Å². The second kappa shape index (κ2) is 26.4. The summed E-state index contributed by atoms with van der Waals surface area (Å²) in [7, 11) is 0. The molecule has 0 aliphatic heterocycles. The van der Waals surface area contributed by atoms with Crippen molar-refractivity contribution in [3.05, 3.63) is 332 Å². The van der Waals surface area contributed by atoms with Gasteiger partial charge in [-0.15, -0.1) is 0 Å². The van der Waals surface area contributed by atoms with Crippen molar-refractivity contribution in [2.24, 2.45) is 0 Å². The SMILES string of the molecule is Cc1ccc(N(c2c(-c3nc(-c4ccccc4)cc(-c4ccccc4)n3)c(N(c3ccccc3)c3ccccc3)c(-n3c4ccc(C)cc4c4cc(C)ccc43)c(-c3nc(-c4ccccc4)cc(-c4ccccc4)n3)c2N(c2ccccc2)c2ccccc2)C(C)C)c(C(C)C)c1. The van der Waals surface area contributed by atoms with E-state index >= 15 is 0 Å². The quantitative estimate of drug-likeness (QED) is 0.0900. The third-order valence-electron chi connectivity index (χ3n) is 18.2. The molecule has 3 heterocycles. The van der Waals surface area contributed by atoms with Crippen LogP contribution in [-0.2, 0) is 0 Å².